The highest BCUT2D eigenvalue weighted by Crippen LogP contribution is 2.31. The minimum absolute atomic E-state index is 0.0508. The lowest BCUT2D eigenvalue weighted by atomic mass is 10.2. The highest BCUT2D eigenvalue weighted by Gasteiger charge is 2.25. The fraction of sp³-hybridized carbons (Fsp3) is 0.333. The van der Waals surface area contributed by atoms with E-state index in [2.05, 4.69) is 4.90 Å². The quantitative estimate of drug-likeness (QED) is 0.861. The van der Waals surface area contributed by atoms with E-state index < -0.39 is 0 Å². The maximum Gasteiger partial charge on any atom is 0.264 e. The van der Waals surface area contributed by atoms with Gasteiger partial charge in [0.05, 0.1) is 16.3 Å². The van der Waals surface area contributed by atoms with Crippen LogP contribution in [0.15, 0.2) is 41.8 Å². The number of carbonyl (C=O) groups is 2. The Morgan fingerprint density at radius 3 is 2.58 bits per heavy atom. The number of hydrogen-bond donors (Lipinski definition) is 0. The number of benzene rings is 1. The molecule has 0 bridgehead atoms. The molecule has 1 aromatic carbocycles. The van der Waals surface area contributed by atoms with E-state index in [0.717, 1.165) is 24.3 Å². The lowest BCUT2D eigenvalue weighted by Crippen LogP contribution is -2.41. The third kappa shape index (κ3) is 3.28. The molecule has 2 amide bonds. The van der Waals surface area contributed by atoms with Gasteiger partial charge in [-0.25, -0.2) is 0 Å². The van der Waals surface area contributed by atoms with Gasteiger partial charge in [-0.15, -0.1) is 11.3 Å². The van der Waals surface area contributed by atoms with Crippen molar-refractivity contribution in [1.82, 2.24) is 4.90 Å². The lowest BCUT2D eigenvalue weighted by Gasteiger charge is -2.26. The first-order valence-electron chi connectivity index (χ1n) is 7.97. The molecule has 0 aliphatic carbocycles. The molecule has 1 aliphatic heterocycles. The molecule has 0 atom stereocenters. The van der Waals surface area contributed by atoms with E-state index in [1.54, 1.807) is 18.0 Å². The highest BCUT2D eigenvalue weighted by atomic mass is 32.1. The van der Waals surface area contributed by atoms with Crippen LogP contribution in [0.1, 0.15) is 16.1 Å². The Labute approximate surface area is 146 Å². The maximum absolute atomic E-state index is 12.8. The van der Waals surface area contributed by atoms with Gasteiger partial charge in [-0.05, 0) is 30.0 Å². The third-order valence-corrected chi connectivity index (χ3v) is 5.07. The number of carbonyl (C=O) groups excluding carboxylic acids is 2. The van der Waals surface area contributed by atoms with E-state index in [-0.39, 0.29) is 18.4 Å². The summed E-state index contributed by atoms with van der Waals surface area (Å²) in [5.41, 5.74) is 1.97. The van der Waals surface area contributed by atoms with Crippen LogP contribution >= 0.6 is 11.3 Å². The average molecular weight is 343 g/mol. The number of para-hydroxylation sites is 2. The van der Waals surface area contributed by atoms with Crippen LogP contribution in [-0.4, -0.2) is 50.4 Å². The van der Waals surface area contributed by atoms with Crippen LogP contribution in [0.2, 0.25) is 0 Å². The molecule has 3 rings (SSSR count). The zero-order chi connectivity index (χ0) is 17.1. The van der Waals surface area contributed by atoms with Crippen LogP contribution in [0.3, 0.4) is 0 Å². The Hall–Kier alpha value is -2.34. The van der Waals surface area contributed by atoms with Crippen molar-refractivity contribution in [3.8, 4) is 0 Å². The topological polar surface area (TPSA) is 43.9 Å². The molecule has 0 saturated heterocycles. The van der Waals surface area contributed by atoms with Crippen LogP contribution in [-0.2, 0) is 4.79 Å². The smallest absolute Gasteiger partial charge is 0.264 e. The number of hydrogen-bond acceptors (Lipinski definition) is 4. The van der Waals surface area contributed by atoms with E-state index >= 15 is 0 Å². The molecular formula is C18H21N3O2S. The molecule has 6 heteroatoms. The normalized spacial score (nSPS) is 14.1. The van der Waals surface area contributed by atoms with E-state index in [1.807, 2.05) is 42.8 Å². The SMILES string of the molecule is CN(CC(=O)N1CCCN(C)c2ccccc21)C(=O)c1cccs1. The predicted octanol–water partition coefficient (Wildman–Crippen LogP) is 2.69. The fourth-order valence-electron chi connectivity index (χ4n) is 2.93. The molecule has 0 radical (unpaired) electrons. The molecule has 0 fully saturated rings. The third-order valence-electron chi connectivity index (χ3n) is 4.21. The fourth-order valence-corrected chi connectivity index (χ4v) is 3.65. The molecule has 2 aromatic rings. The molecule has 5 nitrogen and oxygen atoms in total. The Balaban J connectivity index is 1.77. The summed E-state index contributed by atoms with van der Waals surface area (Å²) in [5.74, 6) is -0.163. The number of anilines is 2. The molecular weight excluding hydrogens is 322 g/mol. The monoisotopic (exact) mass is 343 g/mol. The Morgan fingerprint density at radius 2 is 1.88 bits per heavy atom. The summed E-state index contributed by atoms with van der Waals surface area (Å²) in [5, 5.41) is 1.86. The minimum Gasteiger partial charge on any atom is -0.373 e. The molecule has 0 N–H and O–H groups in total. The summed E-state index contributed by atoms with van der Waals surface area (Å²) in [4.78, 5) is 31.3. The van der Waals surface area contributed by atoms with Crippen molar-refractivity contribution in [2.75, 3.05) is 43.5 Å². The number of nitrogens with zero attached hydrogens (tertiary/aromatic N) is 3. The van der Waals surface area contributed by atoms with E-state index in [4.69, 9.17) is 0 Å². The summed E-state index contributed by atoms with van der Waals surface area (Å²) >= 11 is 1.39. The second kappa shape index (κ2) is 7.05. The molecule has 2 heterocycles. The molecule has 0 spiro atoms. The van der Waals surface area contributed by atoms with Crippen molar-refractivity contribution in [3.63, 3.8) is 0 Å². The first-order chi connectivity index (χ1) is 11.6. The summed E-state index contributed by atoms with van der Waals surface area (Å²) in [6.45, 7) is 1.65. The Morgan fingerprint density at radius 1 is 1.12 bits per heavy atom. The van der Waals surface area contributed by atoms with Gasteiger partial charge in [0.25, 0.3) is 5.91 Å². The first-order valence-corrected chi connectivity index (χ1v) is 8.85. The zero-order valence-corrected chi connectivity index (χ0v) is 14.8. The van der Waals surface area contributed by atoms with Gasteiger partial charge in [-0.1, -0.05) is 18.2 Å². The van der Waals surface area contributed by atoms with Crippen LogP contribution in [0.25, 0.3) is 0 Å². The van der Waals surface area contributed by atoms with Gasteiger partial charge >= 0.3 is 0 Å². The Kier molecular flexibility index (Phi) is 4.85. The summed E-state index contributed by atoms with van der Waals surface area (Å²) < 4.78 is 0. The van der Waals surface area contributed by atoms with Crippen molar-refractivity contribution in [2.45, 2.75) is 6.42 Å². The van der Waals surface area contributed by atoms with Gasteiger partial charge in [0.2, 0.25) is 5.91 Å². The van der Waals surface area contributed by atoms with Gasteiger partial charge in [0.1, 0.15) is 6.54 Å². The van der Waals surface area contributed by atoms with Gasteiger partial charge in [0, 0.05) is 27.2 Å². The van der Waals surface area contributed by atoms with Gasteiger partial charge in [-0.2, -0.15) is 0 Å². The summed E-state index contributed by atoms with van der Waals surface area (Å²) in [6, 6.07) is 11.5. The van der Waals surface area contributed by atoms with E-state index in [9.17, 15) is 9.59 Å². The number of likely N-dealkylation sites (N-methyl/N-ethyl adjacent to an activating group) is 1. The second-order valence-corrected chi connectivity index (χ2v) is 6.90. The number of fused-ring (bicyclic) bond motifs is 1. The molecule has 0 saturated carbocycles. The predicted molar refractivity (Wildman–Crippen MR) is 98.0 cm³/mol. The van der Waals surface area contributed by atoms with Crippen molar-refractivity contribution >= 4 is 34.5 Å². The Bertz CT molecular complexity index is 730. The number of rotatable bonds is 3. The number of thiophene rings is 1. The lowest BCUT2D eigenvalue weighted by molar-refractivity contribution is -0.119. The van der Waals surface area contributed by atoms with Crippen molar-refractivity contribution in [2.24, 2.45) is 0 Å². The van der Waals surface area contributed by atoms with Crippen molar-refractivity contribution < 1.29 is 9.59 Å². The number of amides is 2. The summed E-state index contributed by atoms with van der Waals surface area (Å²) in [7, 11) is 3.72. The average Bonchev–Trinajstić information content (AvgIpc) is 3.06. The van der Waals surface area contributed by atoms with Crippen LogP contribution in [0, 0.1) is 0 Å². The molecule has 1 aromatic heterocycles. The largest absolute Gasteiger partial charge is 0.373 e. The molecule has 24 heavy (non-hydrogen) atoms. The van der Waals surface area contributed by atoms with Crippen LogP contribution in [0.5, 0.6) is 0 Å². The first kappa shape index (κ1) is 16.5. The zero-order valence-electron chi connectivity index (χ0n) is 13.9. The standard InChI is InChI=1S/C18H21N3O2S/c1-19-10-6-11-21(15-8-4-3-7-14(15)19)17(22)13-20(2)18(23)16-9-5-12-24-16/h3-5,7-9,12H,6,10-11,13H2,1-2H3. The second-order valence-electron chi connectivity index (χ2n) is 5.95. The summed E-state index contributed by atoms with van der Waals surface area (Å²) in [6.07, 6.45) is 0.902. The maximum atomic E-state index is 12.8. The molecule has 1 aliphatic rings. The van der Waals surface area contributed by atoms with Crippen LogP contribution < -0.4 is 9.80 Å². The van der Waals surface area contributed by atoms with Gasteiger partial charge < -0.3 is 14.7 Å². The van der Waals surface area contributed by atoms with Gasteiger partial charge in [0.15, 0.2) is 0 Å². The minimum atomic E-state index is -0.112. The van der Waals surface area contributed by atoms with E-state index in [0.29, 0.717) is 11.4 Å². The van der Waals surface area contributed by atoms with Gasteiger partial charge in [-0.3, -0.25) is 9.59 Å². The van der Waals surface area contributed by atoms with Crippen molar-refractivity contribution in [1.29, 1.82) is 0 Å². The van der Waals surface area contributed by atoms with Crippen molar-refractivity contribution in [3.05, 3.63) is 46.7 Å². The molecule has 126 valence electrons. The molecule has 0 unspecified atom stereocenters. The van der Waals surface area contributed by atoms with Crippen LogP contribution in [0.4, 0.5) is 11.4 Å². The van der Waals surface area contributed by atoms with E-state index in [1.165, 1.54) is 16.2 Å². The highest BCUT2D eigenvalue weighted by molar-refractivity contribution is 7.12.